The summed E-state index contributed by atoms with van der Waals surface area (Å²) in [6, 6.07) is 23.0. The number of ketones is 1. The maximum absolute atomic E-state index is 12.9. The number of furan rings is 1. The zero-order valence-electron chi connectivity index (χ0n) is 18.8. The minimum absolute atomic E-state index is 0.0319. The highest BCUT2D eigenvalue weighted by atomic mass is 16.3. The molecule has 1 aromatic heterocycles. The third-order valence-corrected chi connectivity index (χ3v) is 6.10. The predicted molar refractivity (Wildman–Crippen MR) is 132 cm³/mol. The van der Waals surface area contributed by atoms with Crippen molar-refractivity contribution in [1.82, 2.24) is 0 Å². The quantitative estimate of drug-likeness (QED) is 0.332. The number of allylic oxidation sites excluding steroid dienone is 1. The molecular weight excluding hydrogens is 428 g/mol. The van der Waals surface area contributed by atoms with Gasteiger partial charge in [-0.15, -0.1) is 0 Å². The molecule has 0 fully saturated rings. The standard InChI is InChI=1S/C27H22N4O3/c1-30-21-8-4-5-9-22(21)31(2)27(30)20(16-28)23(32)13-14-26(33)29-17-11-12-19-18-7-3-6-10-24(18)34-25(19)15-17/h3-12,15H,13-14H2,1-2H3,(H,29,33). The number of para-hydroxylation sites is 3. The maximum atomic E-state index is 12.9. The monoisotopic (exact) mass is 450 g/mol. The van der Waals surface area contributed by atoms with Crippen molar-refractivity contribution in [3.05, 3.63) is 78.1 Å². The Morgan fingerprint density at radius 1 is 0.882 bits per heavy atom. The highest BCUT2D eigenvalue weighted by Gasteiger charge is 2.31. The molecule has 0 saturated carbocycles. The molecule has 1 aliphatic heterocycles. The van der Waals surface area contributed by atoms with E-state index in [2.05, 4.69) is 5.32 Å². The normalized spacial score (nSPS) is 12.7. The fourth-order valence-corrected chi connectivity index (χ4v) is 4.44. The van der Waals surface area contributed by atoms with Crippen molar-refractivity contribution < 1.29 is 14.0 Å². The van der Waals surface area contributed by atoms with Crippen molar-refractivity contribution >= 4 is 50.7 Å². The second kappa shape index (κ2) is 8.41. The van der Waals surface area contributed by atoms with Gasteiger partial charge in [-0.3, -0.25) is 9.59 Å². The van der Waals surface area contributed by atoms with Crippen LogP contribution in [0.2, 0.25) is 0 Å². The number of benzene rings is 3. The van der Waals surface area contributed by atoms with Gasteiger partial charge in [-0.25, -0.2) is 0 Å². The van der Waals surface area contributed by atoms with E-state index in [9.17, 15) is 14.9 Å². The Morgan fingerprint density at radius 3 is 2.24 bits per heavy atom. The summed E-state index contributed by atoms with van der Waals surface area (Å²) in [5, 5.41) is 14.5. The van der Waals surface area contributed by atoms with Crippen LogP contribution in [0.5, 0.6) is 0 Å². The summed E-state index contributed by atoms with van der Waals surface area (Å²) in [7, 11) is 3.65. The van der Waals surface area contributed by atoms with Crippen molar-refractivity contribution in [3.8, 4) is 6.07 Å². The smallest absolute Gasteiger partial charge is 0.224 e. The number of hydrogen-bond acceptors (Lipinski definition) is 6. The Bertz CT molecular complexity index is 1490. The van der Waals surface area contributed by atoms with Gasteiger partial charge in [-0.2, -0.15) is 5.26 Å². The zero-order valence-corrected chi connectivity index (χ0v) is 18.8. The Labute approximate surface area is 196 Å². The first-order valence-corrected chi connectivity index (χ1v) is 10.9. The second-order valence-corrected chi connectivity index (χ2v) is 8.20. The molecule has 0 aliphatic carbocycles. The Kier molecular flexibility index (Phi) is 5.27. The van der Waals surface area contributed by atoms with Crippen LogP contribution in [0.3, 0.4) is 0 Å². The highest BCUT2D eigenvalue weighted by molar-refractivity contribution is 6.07. The van der Waals surface area contributed by atoms with Gasteiger partial charge in [-0.1, -0.05) is 30.3 Å². The van der Waals surface area contributed by atoms with Crippen LogP contribution in [0.1, 0.15) is 12.8 Å². The molecule has 1 N–H and O–H groups in total. The molecule has 2 heterocycles. The van der Waals surface area contributed by atoms with E-state index < -0.39 is 0 Å². The number of anilines is 3. The number of Topliss-reactive ketones (excluding diaryl/α,β-unsaturated/α-hetero) is 1. The van der Waals surface area contributed by atoms with E-state index in [4.69, 9.17) is 4.42 Å². The predicted octanol–water partition coefficient (Wildman–Crippen LogP) is 5.20. The number of nitrogens with zero attached hydrogens (tertiary/aromatic N) is 3. The molecule has 3 aromatic carbocycles. The molecule has 168 valence electrons. The first-order valence-electron chi connectivity index (χ1n) is 10.9. The number of carbonyl (C=O) groups is 2. The number of nitrogens with one attached hydrogen (secondary N) is 1. The van der Waals surface area contributed by atoms with Crippen molar-refractivity contribution in [2.75, 3.05) is 29.2 Å². The van der Waals surface area contributed by atoms with E-state index in [1.54, 1.807) is 6.07 Å². The van der Waals surface area contributed by atoms with Gasteiger partial charge in [-0.05, 0) is 30.3 Å². The number of carbonyl (C=O) groups excluding carboxylic acids is 2. The molecular formula is C27H22N4O3. The highest BCUT2D eigenvalue weighted by Crippen LogP contribution is 2.40. The lowest BCUT2D eigenvalue weighted by molar-refractivity contribution is -0.120. The summed E-state index contributed by atoms with van der Waals surface area (Å²) >= 11 is 0. The summed E-state index contributed by atoms with van der Waals surface area (Å²) in [5.41, 5.74) is 3.93. The van der Waals surface area contributed by atoms with Gasteiger partial charge in [0.25, 0.3) is 0 Å². The van der Waals surface area contributed by atoms with Gasteiger partial charge in [0.2, 0.25) is 5.91 Å². The minimum Gasteiger partial charge on any atom is -0.456 e. The van der Waals surface area contributed by atoms with E-state index in [1.165, 1.54) is 0 Å². The summed E-state index contributed by atoms with van der Waals surface area (Å²) < 4.78 is 5.87. The third-order valence-electron chi connectivity index (χ3n) is 6.10. The first kappa shape index (κ1) is 21.3. The molecule has 0 unspecified atom stereocenters. The third kappa shape index (κ3) is 3.55. The molecule has 5 rings (SSSR count). The van der Waals surface area contributed by atoms with Crippen molar-refractivity contribution in [2.45, 2.75) is 12.8 Å². The molecule has 7 heteroatoms. The Morgan fingerprint density at radius 2 is 1.53 bits per heavy atom. The van der Waals surface area contributed by atoms with Gasteiger partial charge in [0.1, 0.15) is 28.6 Å². The lowest BCUT2D eigenvalue weighted by atomic mass is 10.1. The molecule has 1 amide bonds. The maximum Gasteiger partial charge on any atom is 0.224 e. The van der Waals surface area contributed by atoms with Crippen LogP contribution in [-0.4, -0.2) is 25.8 Å². The average Bonchev–Trinajstić information content (AvgIpc) is 3.33. The molecule has 0 bridgehead atoms. The fraction of sp³-hybridized carbons (Fsp3) is 0.148. The van der Waals surface area contributed by atoms with E-state index in [1.807, 2.05) is 90.6 Å². The molecule has 0 radical (unpaired) electrons. The van der Waals surface area contributed by atoms with E-state index in [0.717, 1.165) is 27.7 Å². The van der Waals surface area contributed by atoms with E-state index >= 15 is 0 Å². The largest absolute Gasteiger partial charge is 0.456 e. The van der Waals surface area contributed by atoms with Crippen LogP contribution in [0.4, 0.5) is 17.1 Å². The molecule has 7 nitrogen and oxygen atoms in total. The van der Waals surface area contributed by atoms with Crippen molar-refractivity contribution in [1.29, 1.82) is 5.26 Å². The summed E-state index contributed by atoms with van der Waals surface area (Å²) in [4.78, 5) is 29.1. The van der Waals surface area contributed by atoms with E-state index in [-0.39, 0.29) is 30.1 Å². The molecule has 0 saturated heterocycles. The van der Waals surface area contributed by atoms with Crippen LogP contribution in [0.15, 0.2) is 82.5 Å². The van der Waals surface area contributed by atoms with Crippen molar-refractivity contribution in [3.63, 3.8) is 0 Å². The number of amides is 1. The lowest BCUT2D eigenvalue weighted by Crippen LogP contribution is -2.26. The van der Waals surface area contributed by atoms with Crippen LogP contribution < -0.4 is 15.1 Å². The number of fused-ring (bicyclic) bond motifs is 4. The molecule has 1 aliphatic rings. The lowest BCUT2D eigenvalue weighted by Gasteiger charge is -2.19. The SMILES string of the molecule is CN1C(=C(C#N)C(=O)CCC(=O)Nc2ccc3c(c2)oc2ccccc23)N(C)c2ccccc21. The number of rotatable bonds is 5. The Hall–Kier alpha value is -4.57. The fourth-order valence-electron chi connectivity index (χ4n) is 4.44. The Balaban J connectivity index is 1.29. The number of nitriles is 1. The minimum atomic E-state index is -0.369. The van der Waals surface area contributed by atoms with E-state index in [0.29, 0.717) is 17.1 Å². The van der Waals surface area contributed by atoms with Gasteiger partial charge >= 0.3 is 0 Å². The van der Waals surface area contributed by atoms with Crippen LogP contribution in [-0.2, 0) is 9.59 Å². The summed E-state index contributed by atoms with van der Waals surface area (Å²) in [6.45, 7) is 0. The molecule has 0 atom stereocenters. The van der Waals surface area contributed by atoms with Crippen LogP contribution in [0, 0.1) is 11.3 Å². The first-order chi connectivity index (χ1) is 16.5. The van der Waals surface area contributed by atoms with Crippen LogP contribution in [0.25, 0.3) is 21.9 Å². The summed E-state index contributed by atoms with van der Waals surface area (Å²) in [6.07, 6.45) is -0.0982. The van der Waals surface area contributed by atoms with Gasteiger partial charge < -0.3 is 19.5 Å². The topological polar surface area (TPSA) is 89.6 Å². The molecule has 34 heavy (non-hydrogen) atoms. The van der Waals surface area contributed by atoms with Gasteiger partial charge in [0.05, 0.1) is 11.4 Å². The van der Waals surface area contributed by atoms with Crippen LogP contribution >= 0.6 is 0 Å². The average molecular weight is 450 g/mol. The second-order valence-electron chi connectivity index (χ2n) is 8.20. The number of hydrogen-bond donors (Lipinski definition) is 1. The zero-order chi connectivity index (χ0) is 23.8. The van der Waals surface area contributed by atoms with Crippen molar-refractivity contribution in [2.24, 2.45) is 0 Å². The summed E-state index contributed by atoms with van der Waals surface area (Å²) in [5.74, 6) is -0.154. The molecule has 4 aromatic rings. The van der Waals surface area contributed by atoms with Gasteiger partial charge in [0.15, 0.2) is 5.78 Å². The van der Waals surface area contributed by atoms with Gasteiger partial charge in [0, 0.05) is 49.5 Å². The molecule has 0 spiro atoms.